The van der Waals surface area contributed by atoms with Gasteiger partial charge in [0.05, 0.1) is 12.6 Å². The molecule has 5 nitrogen and oxygen atoms in total. The van der Waals surface area contributed by atoms with Gasteiger partial charge in [0.15, 0.2) is 0 Å². The summed E-state index contributed by atoms with van der Waals surface area (Å²) in [7, 11) is 1.87. The SMILES string of the molecule is CN1CCN(c2nc(C(F)(F)F)ns2)CC1CO. The molecule has 0 spiro atoms. The van der Waals surface area contributed by atoms with Crippen molar-refractivity contribution >= 4 is 16.7 Å². The first kappa shape index (κ1) is 13.5. The van der Waals surface area contributed by atoms with Crippen LogP contribution in [-0.2, 0) is 6.18 Å². The lowest BCUT2D eigenvalue weighted by atomic mass is 10.2. The summed E-state index contributed by atoms with van der Waals surface area (Å²) in [4.78, 5) is 7.21. The molecule has 1 aliphatic heterocycles. The van der Waals surface area contributed by atoms with Gasteiger partial charge in [-0.05, 0) is 7.05 Å². The van der Waals surface area contributed by atoms with E-state index in [1.165, 1.54) is 0 Å². The number of hydrogen-bond acceptors (Lipinski definition) is 6. The molecule has 0 saturated carbocycles. The molecule has 0 amide bonds. The van der Waals surface area contributed by atoms with Gasteiger partial charge in [0.2, 0.25) is 11.0 Å². The van der Waals surface area contributed by atoms with Crippen molar-refractivity contribution in [3.63, 3.8) is 0 Å². The van der Waals surface area contributed by atoms with E-state index >= 15 is 0 Å². The third-order valence-electron chi connectivity index (χ3n) is 2.93. The number of rotatable bonds is 2. The Morgan fingerprint density at radius 3 is 2.72 bits per heavy atom. The number of nitrogens with zero attached hydrogens (tertiary/aromatic N) is 4. The number of anilines is 1. The normalized spacial score (nSPS) is 22.5. The molecule has 1 saturated heterocycles. The van der Waals surface area contributed by atoms with E-state index in [0.717, 1.165) is 11.5 Å². The van der Waals surface area contributed by atoms with Crippen LogP contribution in [0.4, 0.5) is 18.3 Å². The molecule has 1 atom stereocenters. The fraction of sp³-hybridized carbons (Fsp3) is 0.778. The lowest BCUT2D eigenvalue weighted by molar-refractivity contribution is -0.144. The molecule has 0 aromatic carbocycles. The summed E-state index contributed by atoms with van der Waals surface area (Å²) in [6.45, 7) is 1.68. The average molecular weight is 282 g/mol. The predicted molar refractivity (Wildman–Crippen MR) is 60.6 cm³/mol. The van der Waals surface area contributed by atoms with Gasteiger partial charge in [-0.3, -0.25) is 4.90 Å². The molecule has 2 heterocycles. The van der Waals surface area contributed by atoms with Gasteiger partial charge >= 0.3 is 6.18 Å². The minimum atomic E-state index is -4.50. The Kier molecular flexibility index (Phi) is 3.74. The van der Waals surface area contributed by atoms with Crippen LogP contribution in [0.3, 0.4) is 0 Å². The summed E-state index contributed by atoms with van der Waals surface area (Å²) >= 11 is 0.741. The summed E-state index contributed by atoms with van der Waals surface area (Å²) in [5.74, 6) is -1.10. The topological polar surface area (TPSA) is 52.5 Å². The number of aliphatic hydroxyl groups is 1. The molecule has 1 N–H and O–H groups in total. The Balaban J connectivity index is 2.10. The monoisotopic (exact) mass is 282 g/mol. The second-order valence-corrected chi connectivity index (χ2v) is 4.89. The van der Waals surface area contributed by atoms with Gasteiger partial charge in [0.25, 0.3) is 0 Å². The van der Waals surface area contributed by atoms with Gasteiger partial charge in [-0.1, -0.05) is 0 Å². The van der Waals surface area contributed by atoms with Crippen LogP contribution >= 0.6 is 11.5 Å². The first-order valence-electron chi connectivity index (χ1n) is 5.38. The molecule has 1 aliphatic rings. The summed E-state index contributed by atoms with van der Waals surface area (Å²) in [6.07, 6.45) is -4.50. The van der Waals surface area contributed by atoms with E-state index in [2.05, 4.69) is 9.36 Å². The number of aromatic nitrogens is 2. The van der Waals surface area contributed by atoms with Gasteiger partial charge in [-0.15, -0.1) is 0 Å². The zero-order valence-electron chi connectivity index (χ0n) is 9.68. The summed E-state index contributed by atoms with van der Waals surface area (Å²) in [5, 5.41) is 9.44. The quantitative estimate of drug-likeness (QED) is 0.864. The van der Waals surface area contributed by atoms with Crippen LogP contribution in [0.1, 0.15) is 5.82 Å². The standard InChI is InChI=1S/C9H13F3N4OS/c1-15-2-3-16(4-6(15)5-17)8-13-7(14-18-8)9(10,11)12/h6,17H,2-5H2,1H3. The predicted octanol–water partition coefficient (Wildman–Crippen LogP) is 0.670. The number of alkyl halides is 3. The van der Waals surface area contributed by atoms with Crippen molar-refractivity contribution in [1.82, 2.24) is 14.3 Å². The first-order chi connectivity index (χ1) is 8.41. The molecule has 1 unspecified atom stereocenters. The van der Waals surface area contributed by atoms with Crippen molar-refractivity contribution in [3.05, 3.63) is 5.82 Å². The third-order valence-corrected chi connectivity index (χ3v) is 3.70. The number of halogens is 3. The third kappa shape index (κ3) is 2.73. The molecule has 9 heteroatoms. The zero-order valence-corrected chi connectivity index (χ0v) is 10.5. The molecular formula is C9H13F3N4OS. The highest BCUT2D eigenvalue weighted by molar-refractivity contribution is 7.09. The van der Waals surface area contributed by atoms with Crippen molar-refractivity contribution in [1.29, 1.82) is 0 Å². The van der Waals surface area contributed by atoms with Gasteiger partial charge < -0.3 is 10.0 Å². The molecule has 1 aromatic heterocycles. The molecular weight excluding hydrogens is 269 g/mol. The van der Waals surface area contributed by atoms with Crippen LogP contribution in [0.25, 0.3) is 0 Å². The van der Waals surface area contributed by atoms with Crippen LogP contribution in [0, 0.1) is 0 Å². The van der Waals surface area contributed by atoms with Crippen LogP contribution in [0.2, 0.25) is 0 Å². The van der Waals surface area contributed by atoms with Crippen molar-refractivity contribution in [2.24, 2.45) is 0 Å². The van der Waals surface area contributed by atoms with Crippen LogP contribution < -0.4 is 4.90 Å². The Labute approximate surface area is 106 Å². The molecule has 18 heavy (non-hydrogen) atoms. The van der Waals surface area contributed by atoms with E-state index in [1.807, 2.05) is 11.9 Å². The second kappa shape index (κ2) is 4.98. The van der Waals surface area contributed by atoms with Gasteiger partial charge in [-0.2, -0.15) is 22.5 Å². The highest BCUT2D eigenvalue weighted by Gasteiger charge is 2.37. The highest BCUT2D eigenvalue weighted by atomic mass is 32.1. The molecule has 102 valence electrons. The maximum Gasteiger partial charge on any atom is 0.452 e. The Bertz CT molecular complexity index is 411. The number of piperazine rings is 1. The van der Waals surface area contributed by atoms with Crippen molar-refractivity contribution in [3.8, 4) is 0 Å². The number of likely N-dealkylation sites (N-methyl/N-ethyl adjacent to an activating group) is 1. The highest BCUT2D eigenvalue weighted by Crippen LogP contribution is 2.30. The Hall–Kier alpha value is -0.930. The summed E-state index contributed by atoms with van der Waals surface area (Å²) in [5.41, 5.74) is 0. The fourth-order valence-electron chi connectivity index (χ4n) is 1.78. The van der Waals surface area contributed by atoms with Gasteiger partial charge in [-0.25, -0.2) is 0 Å². The first-order valence-corrected chi connectivity index (χ1v) is 6.16. The van der Waals surface area contributed by atoms with E-state index in [9.17, 15) is 18.3 Å². The van der Waals surface area contributed by atoms with Crippen molar-refractivity contribution in [2.75, 3.05) is 38.2 Å². The lowest BCUT2D eigenvalue weighted by Crippen LogP contribution is -2.53. The maximum absolute atomic E-state index is 12.4. The molecule has 2 rings (SSSR count). The van der Waals surface area contributed by atoms with E-state index in [1.54, 1.807) is 4.90 Å². The molecule has 0 radical (unpaired) electrons. The minimum absolute atomic E-state index is 0.0298. The number of hydrogen-bond donors (Lipinski definition) is 1. The molecule has 0 aliphatic carbocycles. The number of aliphatic hydroxyl groups excluding tert-OH is 1. The second-order valence-electron chi connectivity index (χ2n) is 4.16. The van der Waals surface area contributed by atoms with Crippen LogP contribution in [-0.4, -0.2) is 58.7 Å². The molecule has 0 bridgehead atoms. The van der Waals surface area contributed by atoms with Gasteiger partial charge in [0, 0.05) is 31.2 Å². The molecule has 1 fully saturated rings. The van der Waals surface area contributed by atoms with Crippen LogP contribution in [0.5, 0.6) is 0 Å². The van der Waals surface area contributed by atoms with E-state index in [-0.39, 0.29) is 17.8 Å². The van der Waals surface area contributed by atoms with E-state index in [0.29, 0.717) is 19.6 Å². The van der Waals surface area contributed by atoms with Crippen molar-refractivity contribution in [2.45, 2.75) is 12.2 Å². The lowest BCUT2D eigenvalue weighted by Gasteiger charge is -2.38. The van der Waals surface area contributed by atoms with E-state index < -0.39 is 12.0 Å². The fourth-order valence-corrected chi connectivity index (χ4v) is 2.50. The summed E-state index contributed by atoms with van der Waals surface area (Å²) < 4.78 is 40.5. The van der Waals surface area contributed by atoms with Crippen molar-refractivity contribution < 1.29 is 18.3 Å². The largest absolute Gasteiger partial charge is 0.452 e. The average Bonchev–Trinajstić information content (AvgIpc) is 2.78. The van der Waals surface area contributed by atoms with Gasteiger partial charge in [0.1, 0.15) is 0 Å². The minimum Gasteiger partial charge on any atom is -0.395 e. The Morgan fingerprint density at radius 1 is 1.44 bits per heavy atom. The Morgan fingerprint density at radius 2 is 2.17 bits per heavy atom. The van der Waals surface area contributed by atoms with E-state index in [4.69, 9.17) is 0 Å². The maximum atomic E-state index is 12.4. The summed E-state index contributed by atoms with van der Waals surface area (Å²) in [6, 6.07) is -0.0861. The molecule has 1 aromatic rings. The van der Waals surface area contributed by atoms with Crippen LogP contribution in [0.15, 0.2) is 0 Å². The smallest absolute Gasteiger partial charge is 0.395 e. The zero-order chi connectivity index (χ0) is 13.3.